The number of esters is 2. The van der Waals surface area contributed by atoms with E-state index < -0.39 is 86.6 Å². The second kappa shape index (κ2) is 16.2. The first-order valence-corrected chi connectivity index (χ1v) is 23.4. The number of allylic oxidation sites excluding steroid dienone is 4. The van der Waals surface area contributed by atoms with E-state index in [4.69, 9.17) is 14.2 Å². The maximum atomic E-state index is 17.2. The van der Waals surface area contributed by atoms with Gasteiger partial charge in [0.25, 0.3) is 0 Å². The number of thiophene rings is 2. The van der Waals surface area contributed by atoms with E-state index in [-0.39, 0.29) is 54.3 Å². The van der Waals surface area contributed by atoms with Crippen molar-refractivity contribution >= 4 is 57.3 Å². The van der Waals surface area contributed by atoms with Crippen LogP contribution in [-0.2, 0) is 39.0 Å². The number of aliphatic hydroxyl groups excluding tert-OH is 1. The summed E-state index contributed by atoms with van der Waals surface area (Å²) in [5.41, 5.74) is -8.56. The predicted molar refractivity (Wildman–Crippen MR) is 220 cm³/mol. The first kappa shape index (κ1) is 46.6. The summed E-state index contributed by atoms with van der Waals surface area (Å²) in [5, 5.41) is 25.8. The molecule has 14 atom stereocenters. The molecular weight excluding hydrogens is 920 g/mol. The lowest BCUT2D eigenvalue weighted by molar-refractivity contribution is -0.938. The van der Waals surface area contributed by atoms with Crippen molar-refractivity contribution < 1.29 is 78.2 Å². The van der Waals surface area contributed by atoms with E-state index in [1.165, 1.54) is 41.7 Å². The standard InChI is InChI=1S/C25H31F3O5S.C19H22NO4S2.BrH/c1-5-20(31)33-25(21(32)34-12-26)13(2)8-15-16-10-18(27)17-9-14(29)6-7-22(17,3)24(16,28)19(30)11-23(15,25)4;1-20(2)12-9-11(10-13(20)17-16(12)24-17)23-18(21)19(22,14-5-3-7-25-14)15-6-4-8-26-15;/h6-7,9,13,15-16,18-19,30H,5,8,10-12H2,1-4H3;3-8,11-13,16-17,22H,9-10H2,1-2H3;1H/q;+1;/p-1/t13-,15+,16+,18+,19+,22+,23+,24+,25+;11?,12-,13+,16-,17+;/m1../s1. The molecule has 1 unspecified atom stereocenters. The Morgan fingerprint density at radius 2 is 1.64 bits per heavy atom. The molecule has 17 heteroatoms. The Balaban J connectivity index is 0.000000187. The Bertz CT molecular complexity index is 2050. The first-order chi connectivity index (χ1) is 28.2. The zero-order valence-corrected chi connectivity index (χ0v) is 38.9. The van der Waals surface area contributed by atoms with Crippen molar-refractivity contribution in [3.63, 3.8) is 0 Å². The van der Waals surface area contributed by atoms with Crippen LogP contribution in [-0.4, -0.2) is 112 Å². The van der Waals surface area contributed by atoms with Gasteiger partial charge in [0.2, 0.25) is 10.7 Å². The lowest BCUT2D eigenvalue weighted by Gasteiger charge is -2.63. The molecule has 61 heavy (non-hydrogen) atoms. The number of thioether (sulfide) groups is 1. The smallest absolute Gasteiger partial charge is 0.349 e. The van der Waals surface area contributed by atoms with Gasteiger partial charge < -0.3 is 45.9 Å². The monoisotopic (exact) mass is 971 g/mol. The average molecular weight is 973 g/mol. The minimum absolute atomic E-state index is 0. The van der Waals surface area contributed by atoms with Gasteiger partial charge in [0, 0.05) is 41.9 Å². The van der Waals surface area contributed by atoms with Gasteiger partial charge in [0.15, 0.2) is 17.1 Å². The number of rotatable bonds is 8. The van der Waals surface area contributed by atoms with Gasteiger partial charge >= 0.3 is 11.9 Å². The third-order valence-corrected chi connectivity index (χ3v) is 18.2. The molecule has 2 N–H and O–H groups in total. The number of epoxide rings is 1. The van der Waals surface area contributed by atoms with Gasteiger partial charge in [-0.1, -0.05) is 39.0 Å². The van der Waals surface area contributed by atoms with Gasteiger partial charge in [-0.15, -0.1) is 22.7 Å². The van der Waals surface area contributed by atoms with Gasteiger partial charge in [-0.3, -0.25) is 14.4 Å². The Labute approximate surface area is 376 Å². The summed E-state index contributed by atoms with van der Waals surface area (Å²) < 4.78 is 64.5. The van der Waals surface area contributed by atoms with Crippen LogP contribution in [0.1, 0.15) is 76.0 Å². The van der Waals surface area contributed by atoms with Gasteiger partial charge in [0.05, 0.1) is 30.0 Å². The molecule has 9 rings (SSSR count). The van der Waals surface area contributed by atoms with Crippen molar-refractivity contribution in [1.29, 1.82) is 0 Å². The van der Waals surface area contributed by atoms with Crippen molar-refractivity contribution in [2.45, 2.75) is 126 Å². The van der Waals surface area contributed by atoms with Crippen LogP contribution < -0.4 is 17.0 Å². The molecule has 0 aromatic carbocycles. The maximum Gasteiger partial charge on any atom is 0.349 e. The quantitative estimate of drug-likeness (QED) is 0.229. The Hall–Kier alpha value is -2.38. The van der Waals surface area contributed by atoms with Crippen molar-refractivity contribution in [2.75, 3.05) is 20.1 Å². The minimum Gasteiger partial charge on any atom is -1.00 e. The summed E-state index contributed by atoms with van der Waals surface area (Å²) >= 11 is 3.14. The number of quaternary nitrogens is 1. The summed E-state index contributed by atoms with van der Waals surface area (Å²) in [4.78, 5) is 52.1. The zero-order chi connectivity index (χ0) is 43.4. The summed E-state index contributed by atoms with van der Waals surface area (Å²) in [6.07, 6.45) is 2.21. The highest BCUT2D eigenvalue weighted by Crippen LogP contribution is 2.72. The number of ketones is 1. The van der Waals surface area contributed by atoms with Gasteiger partial charge in [-0.2, -0.15) is 0 Å². The Morgan fingerprint density at radius 1 is 1.03 bits per heavy atom. The number of fused-ring (bicyclic) bond motifs is 10. The minimum atomic E-state index is -2.30. The molecule has 0 radical (unpaired) electrons. The largest absolute Gasteiger partial charge is 1.00 e. The molecule has 0 amide bonds. The summed E-state index contributed by atoms with van der Waals surface area (Å²) in [5.74, 6) is -3.86. The van der Waals surface area contributed by atoms with Crippen molar-refractivity contribution in [2.24, 2.45) is 28.6 Å². The number of alkyl halides is 3. The molecule has 2 aromatic rings. The molecule has 4 aliphatic carbocycles. The number of piperidine rings is 1. The lowest BCUT2D eigenvalue weighted by atomic mass is 9.44. The second-order valence-electron chi connectivity index (χ2n) is 18.6. The fourth-order valence-corrected chi connectivity index (χ4v) is 15.0. The topological polar surface area (TPSA) is 140 Å². The number of halogens is 4. The third kappa shape index (κ3) is 6.74. The van der Waals surface area contributed by atoms with Crippen molar-refractivity contribution in [3.8, 4) is 0 Å². The molecule has 3 aliphatic heterocycles. The zero-order valence-electron chi connectivity index (χ0n) is 34.9. The molecule has 2 aromatic heterocycles. The number of carbonyl (C=O) groups is 4. The summed E-state index contributed by atoms with van der Waals surface area (Å²) in [6, 6.07) is 6.99. The number of likely N-dealkylation sites (N-methyl/N-ethyl adjacent to an activating group) is 1. The first-order valence-electron chi connectivity index (χ1n) is 20.7. The molecule has 5 heterocycles. The molecule has 7 aliphatic rings. The molecule has 2 bridgehead atoms. The van der Waals surface area contributed by atoms with Crippen LogP contribution in [0, 0.1) is 28.6 Å². The number of hydrogen-bond donors (Lipinski definition) is 2. The molecular formula is C44H53BrF3NO9S3. The predicted octanol–water partition coefficient (Wildman–Crippen LogP) is 3.78. The highest BCUT2D eigenvalue weighted by atomic mass is 79.9. The van der Waals surface area contributed by atoms with E-state index in [1.54, 1.807) is 32.9 Å². The number of hydrogen-bond acceptors (Lipinski definition) is 12. The van der Waals surface area contributed by atoms with Crippen molar-refractivity contribution in [3.05, 3.63) is 68.6 Å². The van der Waals surface area contributed by atoms with E-state index in [9.17, 15) is 33.8 Å². The molecule has 3 saturated carbocycles. The van der Waals surface area contributed by atoms with E-state index in [1.807, 2.05) is 22.9 Å². The van der Waals surface area contributed by atoms with Crippen LogP contribution in [0.3, 0.4) is 0 Å². The van der Waals surface area contributed by atoms with Crippen molar-refractivity contribution in [1.82, 2.24) is 0 Å². The maximum absolute atomic E-state index is 17.2. The normalized spacial score (nSPS) is 41.0. The molecule has 6 fully saturated rings. The van der Waals surface area contributed by atoms with E-state index in [0.29, 0.717) is 45.8 Å². The highest BCUT2D eigenvalue weighted by molar-refractivity contribution is 8.13. The number of ether oxygens (including phenoxy) is 3. The van der Waals surface area contributed by atoms with Crippen LogP contribution in [0.4, 0.5) is 13.2 Å². The number of morpholine rings is 1. The number of nitrogens with zero attached hydrogens (tertiary/aromatic N) is 1. The van der Waals surface area contributed by atoms with E-state index >= 15 is 8.78 Å². The van der Waals surface area contributed by atoms with Gasteiger partial charge in [-0.05, 0) is 84.5 Å². The SMILES string of the molecule is CCC(=O)O[C@]1(C(=O)SCF)[C@H](C)C[C@H]2[C@@H]3C[C@H](F)C4=CC(=O)C=C[C@]4(C)[C@@]3(F)[C@@H](O)C[C@@]21C.C[N+]1(C)[C@@H]2CC(OC(=O)C(O)(c3cccs3)c3cccs3)C[C@H]1[C@@H]1O[C@@H]12.[Br-]. The Kier molecular flexibility index (Phi) is 12.4. The third-order valence-electron chi connectivity index (χ3n) is 15.6. The number of carbonyl (C=O) groups excluding carboxylic acids is 4. The summed E-state index contributed by atoms with van der Waals surface area (Å²) in [7, 11) is 4.49. The Morgan fingerprint density at radius 3 is 2.18 bits per heavy atom. The van der Waals surface area contributed by atoms with Crippen LogP contribution in [0.25, 0.3) is 0 Å². The molecule has 3 saturated heterocycles. The van der Waals surface area contributed by atoms with Gasteiger partial charge in [-0.25, -0.2) is 18.0 Å². The van der Waals surface area contributed by atoms with Crippen LogP contribution in [0.2, 0.25) is 0 Å². The fraction of sp³-hybridized carbons (Fsp3) is 0.636. The molecule has 0 spiro atoms. The average Bonchev–Trinajstić information content (AvgIpc) is 3.50. The summed E-state index contributed by atoms with van der Waals surface area (Å²) in [6.45, 7) is 6.45. The second-order valence-corrected chi connectivity index (χ2v) is 21.4. The highest BCUT2D eigenvalue weighted by Gasteiger charge is 2.78. The number of aliphatic hydroxyl groups is 2. The van der Waals surface area contributed by atoms with Crippen LogP contribution in [0.5, 0.6) is 0 Å². The molecule has 334 valence electrons. The van der Waals surface area contributed by atoms with Crippen LogP contribution >= 0.6 is 34.4 Å². The van der Waals surface area contributed by atoms with Crippen LogP contribution in [0.15, 0.2) is 58.8 Å². The van der Waals surface area contributed by atoms with Gasteiger partial charge in [0.1, 0.15) is 42.6 Å². The lowest BCUT2D eigenvalue weighted by Crippen LogP contribution is -3.00. The van der Waals surface area contributed by atoms with E-state index in [2.05, 4.69) is 14.1 Å². The molecule has 10 nitrogen and oxygen atoms in total. The van der Waals surface area contributed by atoms with E-state index in [0.717, 1.165) is 23.4 Å². The fourth-order valence-electron chi connectivity index (χ4n) is 12.5.